The van der Waals surface area contributed by atoms with Gasteiger partial charge in [-0.1, -0.05) is 26.7 Å². The number of unbranched alkanes of at least 4 members (excludes halogenated alkanes) is 1. The summed E-state index contributed by atoms with van der Waals surface area (Å²) in [6.07, 6.45) is -3.47. The molecular formula is C16H29F3O3. The lowest BCUT2D eigenvalue weighted by atomic mass is 9.79. The first kappa shape index (κ1) is 23.2. The first-order chi connectivity index (χ1) is 9.71. The van der Waals surface area contributed by atoms with E-state index < -0.39 is 17.4 Å². The van der Waals surface area contributed by atoms with Gasteiger partial charge < -0.3 is 4.74 Å². The Morgan fingerprint density at radius 2 is 1.45 bits per heavy atom. The van der Waals surface area contributed by atoms with Crippen molar-refractivity contribution in [3.8, 4) is 0 Å². The van der Waals surface area contributed by atoms with Crippen molar-refractivity contribution < 1.29 is 27.5 Å². The van der Waals surface area contributed by atoms with Crippen LogP contribution in [0.2, 0.25) is 0 Å². The predicted molar refractivity (Wildman–Crippen MR) is 80.5 cm³/mol. The fourth-order valence-corrected chi connectivity index (χ4v) is 1.79. The first-order valence-electron chi connectivity index (χ1n) is 7.50. The van der Waals surface area contributed by atoms with Gasteiger partial charge in [0, 0.05) is 13.3 Å². The second kappa shape index (κ2) is 9.16. The lowest BCUT2D eigenvalue weighted by Gasteiger charge is -2.30. The number of halogens is 3. The van der Waals surface area contributed by atoms with E-state index in [1.54, 1.807) is 0 Å². The van der Waals surface area contributed by atoms with Crippen LogP contribution in [-0.2, 0) is 14.3 Å². The van der Waals surface area contributed by atoms with Gasteiger partial charge >= 0.3 is 12.1 Å². The standard InChI is InChI=1S/C10H17F3O.C6H12O2/c1-4-6-7-9(3,8(14)5-2)10(11,12)13;1-5(7)8-6(2,3)4/h4-7H2,1-3H3;1-4H3. The molecule has 1 atom stereocenters. The van der Waals surface area contributed by atoms with E-state index in [0.717, 1.165) is 6.92 Å². The largest absolute Gasteiger partial charge is 0.460 e. The number of alkyl halides is 3. The monoisotopic (exact) mass is 326 g/mol. The van der Waals surface area contributed by atoms with Crippen molar-refractivity contribution in [2.45, 2.75) is 85.9 Å². The van der Waals surface area contributed by atoms with E-state index in [-0.39, 0.29) is 24.4 Å². The molecule has 0 aliphatic rings. The SMILES string of the molecule is CC(=O)OC(C)(C)C.CCCCC(C)(C(=O)CC)C(F)(F)F. The average molecular weight is 326 g/mol. The average Bonchev–Trinajstić information content (AvgIpc) is 2.31. The van der Waals surface area contributed by atoms with Gasteiger partial charge in [0.2, 0.25) is 0 Å². The topological polar surface area (TPSA) is 43.4 Å². The molecule has 0 aromatic carbocycles. The molecule has 0 aromatic rings. The van der Waals surface area contributed by atoms with Gasteiger partial charge in [0.05, 0.1) is 0 Å². The maximum Gasteiger partial charge on any atom is 0.401 e. The Balaban J connectivity index is 0. The van der Waals surface area contributed by atoms with Crippen LogP contribution < -0.4 is 0 Å². The number of ether oxygens (including phenoxy) is 1. The first-order valence-corrected chi connectivity index (χ1v) is 7.50. The maximum atomic E-state index is 12.6. The van der Waals surface area contributed by atoms with Crippen LogP contribution in [-0.4, -0.2) is 23.5 Å². The lowest BCUT2D eigenvalue weighted by molar-refractivity contribution is -0.217. The summed E-state index contributed by atoms with van der Waals surface area (Å²) in [5.41, 5.74) is -2.47. The van der Waals surface area contributed by atoms with Crippen molar-refractivity contribution >= 4 is 11.8 Å². The summed E-state index contributed by atoms with van der Waals surface area (Å²) in [6.45, 7) is 11.2. The molecule has 0 bridgehead atoms. The van der Waals surface area contributed by atoms with E-state index in [1.165, 1.54) is 13.8 Å². The minimum absolute atomic E-state index is 0.0558. The minimum Gasteiger partial charge on any atom is -0.460 e. The van der Waals surface area contributed by atoms with Crippen molar-refractivity contribution in [1.82, 2.24) is 0 Å². The van der Waals surface area contributed by atoms with Crippen LogP contribution in [0.15, 0.2) is 0 Å². The summed E-state index contributed by atoms with van der Waals surface area (Å²) >= 11 is 0. The van der Waals surface area contributed by atoms with E-state index in [0.29, 0.717) is 12.8 Å². The molecule has 0 saturated heterocycles. The number of esters is 1. The Bertz CT molecular complexity index is 357. The fraction of sp³-hybridized carbons (Fsp3) is 0.875. The Labute approximate surface area is 131 Å². The van der Waals surface area contributed by atoms with Crippen molar-refractivity contribution in [2.24, 2.45) is 5.41 Å². The van der Waals surface area contributed by atoms with Gasteiger partial charge in [-0.25, -0.2) is 0 Å². The fourth-order valence-electron chi connectivity index (χ4n) is 1.79. The molecule has 0 fully saturated rings. The van der Waals surface area contributed by atoms with Crippen LogP contribution in [0.4, 0.5) is 13.2 Å². The Hall–Kier alpha value is -1.07. The Morgan fingerprint density at radius 3 is 1.64 bits per heavy atom. The highest BCUT2D eigenvalue weighted by Gasteiger charge is 2.54. The smallest absolute Gasteiger partial charge is 0.401 e. The van der Waals surface area contributed by atoms with E-state index in [9.17, 15) is 22.8 Å². The molecule has 0 heterocycles. The van der Waals surface area contributed by atoms with Gasteiger partial charge in [0.25, 0.3) is 0 Å². The highest BCUT2D eigenvalue weighted by atomic mass is 19.4. The summed E-state index contributed by atoms with van der Waals surface area (Å²) in [5.74, 6) is -0.934. The van der Waals surface area contributed by atoms with E-state index in [1.807, 2.05) is 27.7 Å². The molecule has 6 heteroatoms. The van der Waals surface area contributed by atoms with Crippen LogP contribution in [0.1, 0.15) is 74.1 Å². The van der Waals surface area contributed by atoms with Gasteiger partial charge in [-0.2, -0.15) is 13.2 Å². The zero-order chi connectivity index (χ0) is 18.2. The molecule has 22 heavy (non-hydrogen) atoms. The van der Waals surface area contributed by atoms with Crippen LogP contribution in [0, 0.1) is 5.41 Å². The number of ketones is 1. The second-order valence-electron chi connectivity index (χ2n) is 6.42. The molecule has 0 aromatic heterocycles. The Morgan fingerprint density at radius 1 is 1.00 bits per heavy atom. The maximum absolute atomic E-state index is 12.6. The van der Waals surface area contributed by atoms with Gasteiger partial charge in [0.1, 0.15) is 16.8 Å². The lowest BCUT2D eigenvalue weighted by Crippen LogP contribution is -2.42. The van der Waals surface area contributed by atoms with Gasteiger partial charge in [-0.3, -0.25) is 9.59 Å². The number of hydrogen-bond acceptors (Lipinski definition) is 3. The number of carbonyl (C=O) groups excluding carboxylic acids is 2. The third kappa shape index (κ3) is 9.05. The molecule has 0 amide bonds. The molecular weight excluding hydrogens is 297 g/mol. The van der Waals surface area contributed by atoms with Gasteiger partial charge in [-0.15, -0.1) is 0 Å². The molecule has 0 aliphatic heterocycles. The van der Waals surface area contributed by atoms with Crippen LogP contribution in [0.25, 0.3) is 0 Å². The van der Waals surface area contributed by atoms with Crippen LogP contribution in [0.5, 0.6) is 0 Å². The molecule has 0 rings (SSSR count). The third-order valence-electron chi connectivity index (χ3n) is 3.04. The molecule has 0 saturated carbocycles. The summed E-state index contributed by atoms with van der Waals surface area (Å²) in [4.78, 5) is 21.5. The van der Waals surface area contributed by atoms with Crippen molar-refractivity contribution in [3.05, 3.63) is 0 Å². The molecule has 0 aliphatic carbocycles. The summed E-state index contributed by atoms with van der Waals surface area (Å²) in [6, 6.07) is 0. The normalized spacial score (nSPS) is 14.5. The summed E-state index contributed by atoms with van der Waals surface area (Å²) < 4.78 is 42.7. The highest BCUT2D eigenvalue weighted by Crippen LogP contribution is 2.43. The van der Waals surface area contributed by atoms with Crippen molar-refractivity contribution in [3.63, 3.8) is 0 Å². The highest BCUT2D eigenvalue weighted by molar-refractivity contribution is 5.85. The molecule has 1 unspecified atom stereocenters. The summed E-state index contributed by atoms with van der Waals surface area (Å²) in [5, 5.41) is 0. The Kier molecular flexibility index (Phi) is 9.65. The number of Topliss-reactive ketones (excluding diaryl/α,β-unsaturated/α-hetero) is 1. The minimum atomic E-state index is -4.42. The number of rotatable bonds is 5. The van der Waals surface area contributed by atoms with E-state index in [2.05, 4.69) is 0 Å². The van der Waals surface area contributed by atoms with Crippen molar-refractivity contribution in [2.75, 3.05) is 0 Å². The van der Waals surface area contributed by atoms with Gasteiger partial charge in [0.15, 0.2) is 0 Å². The molecule has 0 spiro atoms. The van der Waals surface area contributed by atoms with E-state index >= 15 is 0 Å². The molecule has 0 radical (unpaired) electrons. The molecule has 132 valence electrons. The third-order valence-corrected chi connectivity index (χ3v) is 3.04. The molecule has 0 N–H and O–H groups in total. The zero-order valence-electron chi connectivity index (χ0n) is 14.7. The number of carbonyl (C=O) groups is 2. The summed E-state index contributed by atoms with van der Waals surface area (Å²) in [7, 11) is 0. The van der Waals surface area contributed by atoms with E-state index in [4.69, 9.17) is 4.74 Å². The number of hydrogen-bond donors (Lipinski definition) is 0. The molecule has 3 nitrogen and oxygen atoms in total. The van der Waals surface area contributed by atoms with Crippen molar-refractivity contribution in [1.29, 1.82) is 0 Å². The van der Waals surface area contributed by atoms with Gasteiger partial charge in [-0.05, 0) is 34.1 Å². The zero-order valence-corrected chi connectivity index (χ0v) is 14.7. The predicted octanol–water partition coefficient (Wildman–Crippen LogP) is 5.07. The van der Waals surface area contributed by atoms with Crippen LogP contribution >= 0.6 is 0 Å². The quantitative estimate of drug-likeness (QED) is 0.662. The second-order valence-corrected chi connectivity index (χ2v) is 6.42. The van der Waals surface area contributed by atoms with Crippen LogP contribution in [0.3, 0.4) is 0 Å².